The van der Waals surface area contributed by atoms with Gasteiger partial charge in [-0.2, -0.15) is 0 Å². The molecule has 0 amide bonds. The Balaban J connectivity index is 2.16. The second-order valence-corrected chi connectivity index (χ2v) is 5.84. The lowest BCUT2D eigenvalue weighted by Crippen LogP contribution is -2.32. The lowest BCUT2D eigenvalue weighted by Gasteiger charge is -2.17. The van der Waals surface area contributed by atoms with E-state index in [0.29, 0.717) is 0 Å². The minimum Gasteiger partial charge on any atom is -0.377 e. The number of rotatable bonds is 5. The first-order chi connectivity index (χ1) is 6.47. The Morgan fingerprint density at radius 3 is 2.71 bits per heavy atom. The molecule has 1 rings (SSSR count). The lowest BCUT2D eigenvalue weighted by molar-refractivity contribution is 0.466. The molecule has 80 valence electrons. The highest BCUT2D eigenvalue weighted by Gasteiger charge is 2.09. The van der Waals surface area contributed by atoms with Gasteiger partial charge in [0.05, 0.1) is 9.34 Å². The monoisotopic (exact) mass is 232 g/mol. The smallest absolute Gasteiger partial charge is 0.0950 e. The number of anilines is 1. The Bertz CT molecular complexity index is 278. The van der Waals surface area contributed by atoms with Gasteiger partial charge in [0.15, 0.2) is 0 Å². The van der Waals surface area contributed by atoms with Crippen molar-refractivity contribution in [2.45, 2.75) is 32.2 Å². The van der Waals surface area contributed by atoms with Crippen molar-refractivity contribution in [2.75, 3.05) is 11.9 Å². The summed E-state index contributed by atoms with van der Waals surface area (Å²) >= 11 is 7.37. The molecule has 0 saturated carbocycles. The van der Waals surface area contributed by atoms with Crippen molar-refractivity contribution in [3.63, 3.8) is 0 Å². The van der Waals surface area contributed by atoms with E-state index < -0.39 is 0 Å². The SMILES string of the molecule is CC(C)(N)CCCNc1ccc(Cl)s1. The zero-order valence-corrected chi connectivity index (χ0v) is 10.2. The summed E-state index contributed by atoms with van der Waals surface area (Å²) < 4.78 is 0.826. The third-order valence-corrected chi connectivity index (χ3v) is 3.06. The molecule has 0 radical (unpaired) electrons. The molecule has 0 unspecified atom stereocenters. The van der Waals surface area contributed by atoms with Crippen LogP contribution in [0.3, 0.4) is 0 Å². The Morgan fingerprint density at radius 1 is 1.50 bits per heavy atom. The van der Waals surface area contributed by atoms with Crippen LogP contribution in [-0.4, -0.2) is 12.1 Å². The molecular weight excluding hydrogens is 216 g/mol. The highest BCUT2D eigenvalue weighted by Crippen LogP contribution is 2.25. The first kappa shape index (κ1) is 11.8. The third kappa shape index (κ3) is 4.84. The maximum absolute atomic E-state index is 5.87. The van der Waals surface area contributed by atoms with Gasteiger partial charge in [-0.15, -0.1) is 11.3 Å². The highest BCUT2D eigenvalue weighted by molar-refractivity contribution is 7.19. The normalized spacial score (nSPS) is 11.7. The van der Waals surface area contributed by atoms with E-state index in [1.807, 2.05) is 12.1 Å². The molecule has 0 saturated heterocycles. The molecule has 0 bridgehead atoms. The number of hydrogen-bond donors (Lipinski definition) is 2. The van der Waals surface area contributed by atoms with E-state index in [1.165, 1.54) is 0 Å². The standard InChI is InChI=1S/C10H17ClN2S/c1-10(2,12)6-3-7-13-9-5-4-8(11)14-9/h4-5,13H,3,6-7,12H2,1-2H3. The fraction of sp³-hybridized carbons (Fsp3) is 0.600. The summed E-state index contributed by atoms with van der Waals surface area (Å²) in [5.41, 5.74) is 5.81. The van der Waals surface area contributed by atoms with Gasteiger partial charge in [0.2, 0.25) is 0 Å². The second kappa shape index (κ2) is 5.01. The molecule has 0 spiro atoms. The van der Waals surface area contributed by atoms with Crippen LogP contribution in [-0.2, 0) is 0 Å². The van der Waals surface area contributed by atoms with Gasteiger partial charge in [-0.25, -0.2) is 0 Å². The van der Waals surface area contributed by atoms with Gasteiger partial charge in [-0.05, 0) is 38.8 Å². The summed E-state index contributed by atoms with van der Waals surface area (Å²) in [6.07, 6.45) is 2.11. The lowest BCUT2D eigenvalue weighted by atomic mass is 10.0. The van der Waals surface area contributed by atoms with Crippen molar-refractivity contribution < 1.29 is 0 Å². The van der Waals surface area contributed by atoms with Crippen LogP contribution in [0.1, 0.15) is 26.7 Å². The maximum atomic E-state index is 5.87. The molecule has 0 aliphatic rings. The third-order valence-electron chi connectivity index (χ3n) is 1.87. The van der Waals surface area contributed by atoms with Gasteiger partial charge in [0.1, 0.15) is 0 Å². The minimum atomic E-state index is -0.0607. The van der Waals surface area contributed by atoms with Gasteiger partial charge in [0, 0.05) is 12.1 Å². The summed E-state index contributed by atoms with van der Waals surface area (Å²) in [7, 11) is 0. The van der Waals surface area contributed by atoms with Crippen LogP contribution < -0.4 is 11.1 Å². The Hall–Kier alpha value is -0.250. The largest absolute Gasteiger partial charge is 0.377 e. The summed E-state index contributed by atoms with van der Waals surface area (Å²) in [6.45, 7) is 5.06. The van der Waals surface area contributed by atoms with Gasteiger partial charge < -0.3 is 11.1 Å². The van der Waals surface area contributed by atoms with Gasteiger partial charge in [0.25, 0.3) is 0 Å². The average molecular weight is 233 g/mol. The molecule has 0 aliphatic heterocycles. The van der Waals surface area contributed by atoms with Crippen LogP contribution in [0.5, 0.6) is 0 Å². The zero-order chi connectivity index (χ0) is 10.6. The molecule has 1 aromatic rings. The zero-order valence-electron chi connectivity index (χ0n) is 8.64. The predicted molar refractivity (Wildman–Crippen MR) is 65.3 cm³/mol. The molecule has 14 heavy (non-hydrogen) atoms. The van der Waals surface area contributed by atoms with Gasteiger partial charge >= 0.3 is 0 Å². The molecule has 0 fully saturated rings. The summed E-state index contributed by atoms with van der Waals surface area (Å²) in [5.74, 6) is 0. The number of thiophene rings is 1. The van der Waals surface area contributed by atoms with Crippen molar-refractivity contribution in [3.05, 3.63) is 16.5 Å². The molecule has 1 heterocycles. The predicted octanol–water partition coefficient (Wildman–Crippen LogP) is 3.33. The average Bonchev–Trinajstić information content (AvgIpc) is 2.44. The van der Waals surface area contributed by atoms with Crippen LogP contribution in [0, 0.1) is 0 Å². The Labute approximate surface area is 94.5 Å². The van der Waals surface area contributed by atoms with E-state index in [9.17, 15) is 0 Å². The first-order valence-corrected chi connectivity index (χ1v) is 5.95. The molecule has 2 nitrogen and oxygen atoms in total. The van der Waals surface area contributed by atoms with E-state index in [-0.39, 0.29) is 5.54 Å². The summed E-state index contributed by atoms with van der Waals surface area (Å²) in [4.78, 5) is 0. The molecular formula is C10H17ClN2S. The van der Waals surface area contributed by atoms with E-state index in [2.05, 4.69) is 19.2 Å². The van der Waals surface area contributed by atoms with Crippen molar-refractivity contribution in [3.8, 4) is 0 Å². The number of nitrogens with one attached hydrogen (secondary N) is 1. The fourth-order valence-electron chi connectivity index (χ4n) is 1.16. The highest BCUT2D eigenvalue weighted by atomic mass is 35.5. The van der Waals surface area contributed by atoms with Crippen molar-refractivity contribution in [2.24, 2.45) is 5.73 Å². The summed E-state index contributed by atoms with van der Waals surface area (Å²) in [5, 5.41) is 4.45. The van der Waals surface area contributed by atoms with Crippen molar-refractivity contribution >= 4 is 27.9 Å². The number of hydrogen-bond acceptors (Lipinski definition) is 3. The quantitative estimate of drug-likeness (QED) is 0.765. The van der Waals surface area contributed by atoms with E-state index >= 15 is 0 Å². The molecule has 0 aromatic carbocycles. The van der Waals surface area contributed by atoms with Gasteiger partial charge in [-0.1, -0.05) is 11.6 Å². The topological polar surface area (TPSA) is 38.0 Å². The van der Waals surface area contributed by atoms with E-state index in [1.54, 1.807) is 11.3 Å². The Kier molecular flexibility index (Phi) is 4.23. The van der Waals surface area contributed by atoms with Gasteiger partial charge in [-0.3, -0.25) is 0 Å². The first-order valence-electron chi connectivity index (χ1n) is 4.75. The summed E-state index contributed by atoms with van der Waals surface area (Å²) in [6, 6.07) is 3.90. The molecule has 0 aliphatic carbocycles. The second-order valence-electron chi connectivity index (χ2n) is 4.12. The number of halogens is 1. The number of nitrogens with two attached hydrogens (primary N) is 1. The molecule has 1 aromatic heterocycles. The van der Waals surface area contributed by atoms with Crippen LogP contribution in [0.15, 0.2) is 12.1 Å². The van der Waals surface area contributed by atoms with Crippen LogP contribution in [0.25, 0.3) is 0 Å². The maximum Gasteiger partial charge on any atom is 0.0950 e. The van der Waals surface area contributed by atoms with Crippen LogP contribution >= 0.6 is 22.9 Å². The van der Waals surface area contributed by atoms with E-state index in [0.717, 1.165) is 28.7 Å². The van der Waals surface area contributed by atoms with Crippen molar-refractivity contribution in [1.82, 2.24) is 0 Å². The molecule has 3 N–H and O–H groups in total. The minimum absolute atomic E-state index is 0.0607. The van der Waals surface area contributed by atoms with Crippen LogP contribution in [0.4, 0.5) is 5.00 Å². The molecule has 4 heteroatoms. The van der Waals surface area contributed by atoms with Crippen LogP contribution in [0.2, 0.25) is 4.34 Å². The van der Waals surface area contributed by atoms with E-state index in [4.69, 9.17) is 17.3 Å². The fourth-order valence-corrected chi connectivity index (χ4v) is 2.13. The molecule has 0 atom stereocenters. The van der Waals surface area contributed by atoms with Crippen molar-refractivity contribution in [1.29, 1.82) is 0 Å². The Morgan fingerprint density at radius 2 is 2.21 bits per heavy atom.